The molecule has 6 heteroatoms. The van der Waals surface area contributed by atoms with Crippen LogP contribution in [0.3, 0.4) is 0 Å². The summed E-state index contributed by atoms with van der Waals surface area (Å²) in [6, 6.07) is 3.26. The number of hydrogen-bond acceptors (Lipinski definition) is 3. The molecule has 1 rings (SSSR count). The lowest BCUT2D eigenvalue weighted by atomic mass is 10.2. The number of hydrogen-bond donors (Lipinski definition) is 2. The maximum Gasteiger partial charge on any atom is 0.260 e. The van der Waals surface area contributed by atoms with E-state index in [9.17, 15) is 4.79 Å². The summed E-state index contributed by atoms with van der Waals surface area (Å²) in [7, 11) is 0. The average Bonchev–Trinajstić information content (AvgIpc) is 2.30. The normalized spacial score (nSPS) is 12.3. The number of carbonyl (C=O) groups is 1. The van der Waals surface area contributed by atoms with E-state index in [4.69, 9.17) is 22.1 Å². The van der Waals surface area contributed by atoms with Gasteiger partial charge in [0.25, 0.3) is 5.91 Å². The molecule has 106 valence electrons. The van der Waals surface area contributed by atoms with Crippen LogP contribution in [0.25, 0.3) is 0 Å². The summed E-state index contributed by atoms with van der Waals surface area (Å²) in [6.07, 6.45) is -0.626. The molecular weight excluding hydrogens is 332 g/mol. The molecule has 0 bridgehead atoms. The molecule has 0 aliphatic carbocycles. The van der Waals surface area contributed by atoms with Gasteiger partial charge in [-0.2, -0.15) is 0 Å². The molecule has 0 saturated carbocycles. The Balaban J connectivity index is 2.71. The zero-order valence-corrected chi connectivity index (χ0v) is 13.5. The highest BCUT2D eigenvalue weighted by atomic mass is 79.9. The fourth-order valence-corrected chi connectivity index (χ4v) is 2.31. The zero-order valence-electron chi connectivity index (χ0n) is 11.2. The van der Waals surface area contributed by atoms with Crippen LogP contribution < -0.4 is 15.8 Å². The zero-order chi connectivity index (χ0) is 14.6. The molecule has 3 N–H and O–H groups in total. The van der Waals surface area contributed by atoms with Gasteiger partial charge < -0.3 is 15.8 Å². The van der Waals surface area contributed by atoms with Gasteiger partial charge in [-0.3, -0.25) is 4.79 Å². The van der Waals surface area contributed by atoms with Crippen LogP contribution in [0.15, 0.2) is 16.6 Å². The first kappa shape index (κ1) is 16.1. The fourth-order valence-electron chi connectivity index (χ4n) is 1.38. The third-order valence-corrected chi connectivity index (χ3v) is 3.19. The first-order chi connectivity index (χ1) is 8.81. The monoisotopic (exact) mass is 348 g/mol. The van der Waals surface area contributed by atoms with Crippen molar-refractivity contribution in [3.8, 4) is 5.75 Å². The molecule has 1 atom stereocenters. The number of nitrogens with two attached hydrogens (primary N) is 1. The van der Waals surface area contributed by atoms with Gasteiger partial charge in [0.1, 0.15) is 0 Å². The Kier molecular flexibility index (Phi) is 5.94. The Morgan fingerprint density at radius 3 is 2.63 bits per heavy atom. The van der Waals surface area contributed by atoms with Crippen molar-refractivity contribution in [2.24, 2.45) is 5.92 Å². The quantitative estimate of drug-likeness (QED) is 0.802. The van der Waals surface area contributed by atoms with Gasteiger partial charge in [0, 0.05) is 11.6 Å². The lowest BCUT2D eigenvalue weighted by Gasteiger charge is -2.18. The maximum atomic E-state index is 11.8. The van der Waals surface area contributed by atoms with E-state index in [1.54, 1.807) is 19.1 Å². The van der Waals surface area contributed by atoms with Crippen molar-refractivity contribution in [2.45, 2.75) is 26.9 Å². The maximum absolute atomic E-state index is 11.8. The molecule has 1 aromatic carbocycles. The van der Waals surface area contributed by atoms with Crippen molar-refractivity contribution in [3.05, 3.63) is 21.6 Å². The number of amides is 1. The van der Waals surface area contributed by atoms with Gasteiger partial charge in [0.05, 0.1) is 10.2 Å². The van der Waals surface area contributed by atoms with Crippen molar-refractivity contribution in [1.29, 1.82) is 0 Å². The van der Waals surface area contributed by atoms with Crippen LogP contribution in [0.2, 0.25) is 5.02 Å². The molecule has 0 spiro atoms. The Hall–Kier alpha value is -0.940. The van der Waals surface area contributed by atoms with Crippen LogP contribution in [-0.2, 0) is 4.79 Å². The van der Waals surface area contributed by atoms with E-state index in [0.717, 1.165) is 0 Å². The van der Waals surface area contributed by atoms with Crippen molar-refractivity contribution in [3.63, 3.8) is 0 Å². The number of nitrogen functional groups attached to an aromatic ring is 1. The van der Waals surface area contributed by atoms with Crippen molar-refractivity contribution in [1.82, 2.24) is 5.32 Å². The van der Waals surface area contributed by atoms with E-state index in [2.05, 4.69) is 21.2 Å². The van der Waals surface area contributed by atoms with Crippen LogP contribution in [0.1, 0.15) is 20.8 Å². The SMILES string of the molecule is CC(C)CNC(=O)C(C)Oc1c(N)cc(Cl)cc1Br. The highest BCUT2D eigenvalue weighted by Crippen LogP contribution is 2.35. The molecule has 1 aromatic rings. The van der Waals surface area contributed by atoms with Gasteiger partial charge in [0.2, 0.25) is 0 Å². The summed E-state index contributed by atoms with van der Waals surface area (Å²) in [6.45, 7) is 6.35. The summed E-state index contributed by atoms with van der Waals surface area (Å²) >= 11 is 9.18. The van der Waals surface area contributed by atoms with Crippen LogP contribution in [-0.4, -0.2) is 18.6 Å². The average molecular weight is 350 g/mol. The third-order valence-electron chi connectivity index (χ3n) is 2.39. The lowest BCUT2D eigenvalue weighted by Crippen LogP contribution is -2.38. The minimum Gasteiger partial charge on any atom is -0.478 e. The van der Waals surface area contributed by atoms with Crippen LogP contribution >= 0.6 is 27.5 Å². The predicted octanol–water partition coefficient (Wildman–Crippen LogP) is 3.22. The molecule has 0 radical (unpaired) electrons. The van der Waals surface area contributed by atoms with Crippen LogP contribution in [0, 0.1) is 5.92 Å². The Morgan fingerprint density at radius 2 is 2.11 bits per heavy atom. The molecule has 4 nitrogen and oxygen atoms in total. The van der Waals surface area contributed by atoms with Gasteiger partial charge in [-0.15, -0.1) is 0 Å². The second-order valence-corrected chi connectivity index (χ2v) is 6.00. The second-order valence-electron chi connectivity index (χ2n) is 4.71. The molecule has 1 amide bonds. The molecule has 0 aliphatic rings. The Labute approximate surface area is 126 Å². The van der Waals surface area contributed by atoms with E-state index in [0.29, 0.717) is 33.4 Å². The molecule has 19 heavy (non-hydrogen) atoms. The van der Waals surface area contributed by atoms with E-state index in [1.165, 1.54) is 0 Å². The van der Waals surface area contributed by atoms with E-state index in [-0.39, 0.29) is 5.91 Å². The molecule has 0 aromatic heterocycles. The van der Waals surface area contributed by atoms with Crippen molar-refractivity contribution >= 4 is 39.1 Å². The molecule has 0 aliphatic heterocycles. The van der Waals surface area contributed by atoms with Gasteiger partial charge in [-0.05, 0) is 40.9 Å². The van der Waals surface area contributed by atoms with Crippen LogP contribution in [0.5, 0.6) is 5.75 Å². The number of rotatable bonds is 5. The summed E-state index contributed by atoms with van der Waals surface area (Å²) in [5.41, 5.74) is 6.21. The number of nitrogens with one attached hydrogen (secondary N) is 1. The topological polar surface area (TPSA) is 64.3 Å². The lowest BCUT2D eigenvalue weighted by molar-refractivity contribution is -0.127. The molecule has 1 unspecified atom stereocenters. The molecule has 0 saturated heterocycles. The third kappa shape index (κ3) is 4.91. The smallest absolute Gasteiger partial charge is 0.260 e. The Bertz CT molecular complexity index is 443. The summed E-state index contributed by atoms with van der Waals surface area (Å²) < 4.78 is 6.21. The molecule has 0 fully saturated rings. The number of benzene rings is 1. The van der Waals surface area contributed by atoms with Crippen LogP contribution in [0.4, 0.5) is 5.69 Å². The van der Waals surface area contributed by atoms with Crippen molar-refractivity contribution < 1.29 is 9.53 Å². The summed E-state index contributed by atoms with van der Waals surface area (Å²) in [5, 5.41) is 3.31. The van der Waals surface area contributed by atoms with Crippen molar-refractivity contribution in [2.75, 3.05) is 12.3 Å². The Morgan fingerprint density at radius 1 is 1.47 bits per heavy atom. The standard InChI is InChI=1S/C13H18BrClN2O2/c1-7(2)6-17-13(18)8(3)19-12-10(14)4-9(15)5-11(12)16/h4-5,7-8H,6,16H2,1-3H3,(H,17,18). The molecule has 0 heterocycles. The number of carbonyl (C=O) groups excluding carboxylic acids is 1. The van der Waals surface area contributed by atoms with E-state index in [1.807, 2.05) is 13.8 Å². The highest BCUT2D eigenvalue weighted by molar-refractivity contribution is 9.10. The van der Waals surface area contributed by atoms with Gasteiger partial charge >= 0.3 is 0 Å². The first-order valence-electron chi connectivity index (χ1n) is 6.00. The number of anilines is 1. The van der Waals surface area contributed by atoms with Gasteiger partial charge in [0.15, 0.2) is 11.9 Å². The van der Waals surface area contributed by atoms with Gasteiger partial charge in [-0.1, -0.05) is 25.4 Å². The molecular formula is C13H18BrClN2O2. The minimum atomic E-state index is -0.626. The van der Waals surface area contributed by atoms with E-state index >= 15 is 0 Å². The summed E-state index contributed by atoms with van der Waals surface area (Å²) in [5.74, 6) is 0.648. The summed E-state index contributed by atoms with van der Waals surface area (Å²) in [4.78, 5) is 11.8. The van der Waals surface area contributed by atoms with E-state index < -0.39 is 6.10 Å². The largest absolute Gasteiger partial charge is 0.478 e. The minimum absolute atomic E-state index is 0.171. The predicted molar refractivity (Wildman–Crippen MR) is 81.5 cm³/mol. The fraction of sp³-hybridized carbons (Fsp3) is 0.462. The number of halogens is 2. The van der Waals surface area contributed by atoms with Gasteiger partial charge in [-0.25, -0.2) is 0 Å². The first-order valence-corrected chi connectivity index (χ1v) is 7.17. The second kappa shape index (κ2) is 7.01. The number of ether oxygens (including phenoxy) is 1. The highest BCUT2D eigenvalue weighted by Gasteiger charge is 2.18.